The Morgan fingerprint density at radius 1 is 1.23 bits per heavy atom. The zero-order chi connectivity index (χ0) is 16.6. The van der Waals surface area contributed by atoms with Gasteiger partial charge in [0.25, 0.3) is 0 Å². The molecule has 0 aromatic carbocycles. The van der Waals surface area contributed by atoms with Crippen molar-refractivity contribution in [1.29, 1.82) is 0 Å². The SMILES string of the molecule is C=CCCCCCOC1(C)CCN(C(=O)OC(C)(C)C)CC1. The molecule has 4 heteroatoms. The van der Waals surface area contributed by atoms with E-state index in [4.69, 9.17) is 9.47 Å². The molecular weight excluding hydrogens is 278 g/mol. The minimum absolute atomic E-state index is 0.100. The van der Waals surface area contributed by atoms with Crippen LogP contribution in [0.4, 0.5) is 4.79 Å². The van der Waals surface area contributed by atoms with Crippen LogP contribution in [-0.2, 0) is 9.47 Å². The molecule has 0 saturated carbocycles. The lowest BCUT2D eigenvalue weighted by atomic mass is 9.93. The molecule has 1 aliphatic heterocycles. The highest BCUT2D eigenvalue weighted by Gasteiger charge is 2.34. The van der Waals surface area contributed by atoms with Crippen LogP contribution in [0.1, 0.15) is 66.2 Å². The van der Waals surface area contributed by atoms with Gasteiger partial charge in [-0.05, 0) is 59.8 Å². The van der Waals surface area contributed by atoms with Gasteiger partial charge in [0.05, 0.1) is 5.60 Å². The summed E-state index contributed by atoms with van der Waals surface area (Å²) in [6.07, 6.45) is 8.06. The average molecular weight is 311 g/mol. The van der Waals surface area contributed by atoms with E-state index in [2.05, 4.69) is 13.5 Å². The van der Waals surface area contributed by atoms with E-state index in [0.29, 0.717) is 13.1 Å². The number of carbonyl (C=O) groups is 1. The van der Waals surface area contributed by atoms with Crippen LogP contribution in [0.2, 0.25) is 0 Å². The van der Waals surface area contributed by atoms with Gasteiger partial charge in [-0.1, -0.05) is 12.5 Å². The number of carbonyl (C=O) groups excluding carboxylic acids is 1. The average Bonchev–Trinajstić information content (AvgIpc) is 2.41. The maximum Gasteiger partial charge on any atom is 0.410 e. The molecule has 0 aromatic rings. The van der Waals surface area contributed by atoms with Gasteiger partial charge in [0.1, 0.15) is 5.60 Å². The summed E-state index contributed by atoms with van der Waals surface area (Å²) in [5.41, 5.74) is -0.531. The molecule has 4 nitrogen and oxygen atoms in total. The zero-order valence-electron chi connectivity index (χ0n) is 14.8. The Morgan fingerprint density at radius 2 is 1.86 bits per heavy atom. The molecule has 0 spiro atoms. The molecule has 1 aliphatic rings. The van der Waals surface area contributed by atoms with E-state index >= 15 is 0 Å². The minimum atomic E-state index is -0.431. The van der Waals surface area contributed by atoms with Crippen molar-refractivity contribution in [3.8, 4) is 0 Å². The van der Waals surface area contributed by atoms with E-state index in [9.17, 15) is 4.79 Å². The molecule has 1 rings (SSSR count). The van der Waals surface area contributed by atoms with Gasteiger partial charge < -0.3 is 14.4 Å². The van der Waals surface area contributed by atoms with Crippen molar-refractivity contribution in [2.45, 2.75) is 77.4 Å². The van der Waals surface area contributed by atoms with Crippen LogP contribution >= 0.6 is 0 Å². The molecule has 0 aliphatic carbocycles. The van der Waals surface area contributed by atoms with Crippen molar-refractivity contribution in [1.82, 2.24) is 4.90 Å². The van der Waals surface area contributed by atoms with Crippen LogP contribution in [0.5, 0.6) is 0 Å². The third-order valence-corrected chi connectivity index (χ3v) is 3.98. The largest absolute Gasteiger partial charge is 0.444 e. The fraction of sp³-hybridized carbons (Fsp3) is 0.833. The van der Waals surface area contributed by atoms with E-state index < -0.39 is 5.60 Å². The third kappa shape index (κ3) is 7.30. The van der Waals surface area contributed by atoms with E-state index in [1.165, 1.54) is 12.8 Å². The Kier molecular flexibility index (Phi) is 7.40. The van der Waals surface area contributed by atoms with E-state index in [1.54, 1.807) is 4.90 Å². The van der Waals surface area contributed by atoms with E-state index in [0.717, 1.165) is 32.3 Å². The van der Waals surface area contributed by atoms with Crippen molar-refractivity contribution in [2.24, 2.45) is 0 Å². The number of hydrogen-bond acceptors (Lipinski definition) is 3. The highest BCUT2D eigenvalue weighted by atomic mass is 16.6. The smallest absolute Gasteiger partial charge is 0.410 e. The van der Waals surface area contributed by atoms with Crippen LogP contribution in [0.15, 0.2) is 12.7 Å². The van der Waals surface area contributed by atoms with E-state index in [-0.39, 0.29) is 11.7 Å². The lowest BCUT2D eigenvalue weighted by Crippen LogP contribution is -2.48. The molecule has 0 N–H and O–H groups in total. The maximum atomic E-state index is 12.0. The summed E-state index contributed by atoms with van der Waals surface area (Å²) < 4.78 is 11.5. The van der Waals surface area contributed by atoms with Crippen LogP contribution in [0.25, 0.3) is 0 Å². The molecule has 1 saturated heterocycles. The fourth-order valence-corrected chi connectivity index (χ4v) is 2.52. The molecule has 128 valence electrons. The molecule has 1 amide bonds. The molecule has 0 unspecified atom stereocenters. The quantitative estimate of drug-likeness (QED) is 0.512. The molecule has 0 atom stereocenters. The van der Waals surface area contributed by atoms with Crippen molar-refractivity contribution < 1.29 is 14.3 Å². The summed E-state index contributed by atoms with van der Waals surface area (Å²) in [6, 6.07) is 0. The normalized spacial score (nSPS) is 18.1. The van der Waals surface area contributed by atoms with Crippen molar-refractivity contribution >= 4 is 6.09 Å². The highest BCUT2D eigenvalue weighted by Crippen LogP contribution is 2.27. The monoisotopic (exact) mass is 311 g/mol. The van der Waals surface area contributed by atoms with Gasteiger partial charge in [0.2, 0.25) is 0 Å². The number of allylic oxidation sites excluding steroid dienone is 1. The summed E-state index contributed by atoms with van der Waals surface area (Å²) in [7, 11) is 0. The lowest BCUT2D eigenvalue weighted by Gasteiger charge is -2.39. The second-order valence-electron chi connectivity index (χ2n) is 7.40. The number of nitrogens with zero attached hydrogens (tertiary/aromatic N) is 1. The molecule has 0 radical (unpaired) electrons. The van der Waals surface area contributed by atoms with Gasteiger partial charge >= 0.3 is 6.09 Å². The zero-order valence-corrected chi connectivity index (χ0v) is 14.8. The summed E-state index contributed by atoms with van der Waals surface area (Å²) in [6.45, 7) is 13.8. The van der Waals surface area contributed by atoms with Gasteiger partial charge in [0, 0.05) is 19.7 Å². The number of unbranched alkanes of at least 4 members (excludes halogenated alkanes) is 3. The first-order chi connectivity index (χ1) is 10.3. The van der Waals surface area contributed by atoms with Crippen molar-refractivity contribution in [2.75, 3.05) is 19.7 Å². The van der Waals surface area contributed by atoms with Crippen molar-refractivity contribution in [3.05, 3.63) is 12.7 Å². The second kappa shape index (κ2) is 8.56. The predicted molar refractivity (Wildman–Crippen MR) is 90.1 cm³/mol. The predicted octanol–water partition coefficient (Wildman–Crippen LogP) is 4.54. The first-order valence-electron chi connectivity index (χ1n) is 8.48. The molecular formula is C18H33NO3. The van der Waals surface area contributed by atoms with Crippen LogP contribution in [0, 0.1) is 0 Å². The standard InChI is InChI=1S/C18H33NO3/c1-6-7-8-9-10-15-21-18(5)11-13-19(14-12-18)16(20)22-17(2,3)4/h6H,1,7-15H2,2-5H3. The first kappa shape index (κ1) is 19.0. The number of rotatable bonds is 7. The number of amides is 1. The Balaban J connectivity index is 2.25. The number of piperidine rings is 1. The topological polar surface area (TPSA) is 38.8 Å². The van der Waals surface area contributed by atoms with Gasteiger partial charge in [-0.15, -0.1) is 6.58 Å². The van der Waals surface area contributed by atoms with Gasteiger partial charge in [-0.2, -0.15) is 0 Å². The Hall–Kier alpha value is -1.03. The molecule has 22 heavy (non-hydrogen) atoms. The molecule has 0 bridgehead atoms. The van der Waals surface area contributed by atoms with Gasteiger partial charge in [-0.3, -0.25) is 0 Å². The first-order valence-corrected chi connectivity index (χ1v) is 8.48. The van der Waals surface area contributed by atoms with Crippen LogP contribution in [-0.4, -0.2) is 41.9 Å². The Bertz CT molecular complexity index is 352. The molecule has 1 fully saturated rings. The van der Waals surface area contributed by atoms with Crippen molar-refractivity contribution in [3.63, 3.8) is 0 Å². The third-order valence-electron chi connectivity index (χ3n) is 3.98. The lowest BCUT2D eigenvalue weighted by molar-refractivity contribution is -0.0734. The summed E-state index contributed by atoms with van der Waals surface area (Å²) in [5.74, 6) is 0. The molecule has 0 aromatic heterocycles. The fourth-order valence-electron chi connectivity index (χ4n) is 2.52. The van der Waals surface area contributed by atoms with Gasteiger partial charge in [0.15, 0.2) is 0 Å². The summed E-state index contributed by atoms with van der Waals surface area (Å²) in [4.78, 5) is 13.8. The minimum Gasteiger partial charge on any atom is -0.444 e. The Morgan fingerprint density at radius 3 is 2.41 bits per heavy atom. The molecule has 1 heterocycles. The number of ether oxygens (including phenoxy) is 2. The maximum absolute atomic E-state index is 12.0. The summed E-state index contributed by atoms with van der Waals surface area (Å²) in [5, 5.41) is 0. The highest BCUT2D eigenvalue weighted by molar-refractivity contribution is 5.68. The van der Waals surface area contributed by atoms with E-state index in [1.807, 2.05) is 26.8 Å². The number of likely N-dealkylation sites (tertiary alicyclic amines) is 1. The number of hydrogen-bond donors (Lipinski definition) is 0. The van der Waals surface area contributed by atoms with Gasteiger partial charge in [-0.25, -0.2) is 4.79 Å². The Labute approximate surface area is 135 Å². The summed E-state index contributed by atoms with van der Waals surface area (Å²) >= 11 is 0. The second-order valence-corrected chi connectivity index (χ2v) is 7.40. The van der Waals surface area contributed by atoms with Crippen LogP contribution < -0.4 is 0 Å². The van der Waals surface area contributed by atoms with Crippen LogP contribution in [0.3, 0.4) is 0 Å².